The summed E-state index contributed by atoms with van der Waals surface area (Å²) in [7, 11) is 0. The molecule has 1 aliphatic rings. The Balaban J connectivity index is 1.61. The number of aromatic nitrogens is 6. The molecule has 4 rings (SSSR count). The molecule has 0 amide bonds. The minimum atomic E-state index is -1.09. The number of carbonyl (C=O) groups is 1. The minimum absolute atomic E-state index is 0.0760. The van der Waals surface area contributed by atoms with Crippen LogP contribution < -0.4 is 0 Å². The molecule has 1 aliphatic carbocycles. The van der Waals surface area contributed by atoms with Gasteiger partial charge in [0.25, 0.3) is 0 Å². The first kappa shape index (κ1) is 12.0. The first-order chi connectivity index (χ1) is 10.2. The lowest BCUT2D eigenvalue weighted by molar-refractivity contribution is 0.0690. The van der Waals surface area contributed by atoms with E-state index in [2.05, 4.69) is 26.5 Å². The topological polar surface area (TPSA) is 98.2 Å². The average Bonchev–Trinajstić information content (AvgIpc) is 3.07. The fourth-order valence-corrected chi connectivity index (χ4v) is 2.29. The number of nitrogens with zero attached hydrogens (tertiary/aromatic N) is 6. The Morgan fingerprint density at radius 3 is 2.90 bits per heavy atom. The van der Waals surface area contributed by atoms with Gasteiger partial charge in [0.05, 0.1) is 18.4 Å². The van der Waals surface area contributed by atoms with Crippen molar-refractivity contribution in [1.29, 1.82) is 0 Å². The number of aromatic carboxylic acids is 1. The summed E-state index contributed by atoms with van der Waals surface area (Å²) in [5.41, 5.74) is 1.92. The summed E-state index contributed by atoms with van der Waals surface area (Å²) in [5, 5.41) is 16.2. The molecule has 0 unspecified atom stereocenters. The number of hydrogen-bond donors (Lipinski definition) is 1. The van der Waals surface area contributed by atoms with Crippen molar-refractivity contribution < 1.29 is 9.90 Å². The molecule has 1 fully saturated rings. The van der Waals surface area contributed by atoms with E-state index in [9.17, 15) is 4.79 Å². The molecule has 0 aliphatic heterocycles. The normalized spacial score (nSPS) is 14.7. The Morgan fingerprint density at radius 2 is 2.19 bits per heavy atom. The van der Waals surface area contributed by atoms with E-state index in [1.807, 2.05) is 16.8 Å². The van der Waals surface area contributed by atoms with Gasteiger partial charge >= 0.3 is 5.97 Å². The van der Waals surface area contributed by atoms with E-state index >= 15 is 0 Å². The Kier molecular flexibility index (Phi) is 2.50. The second kappa shape index (κ2) is 4.37. The molecule has 1 saturated carbocycles. The monoisotopic (exact) mass is 284 g/mol. The average molecular weight is 284 g/mol. The molecule has 1 N–H and O–H groups in total. The van der Waals surface area contributed by atoms with Gasteiger partial charge in [-0.25, -0.2) is 19.4 Å². The summed E-state index contributed by atoms with van der Waals surface area (Å²) >= 11 is 0. The molecule has 0 atom stereocenters. The predicted molar refractivity (Wildman–Crippen MR) is 71.0 cm³/mol. The van der Waals surface area contributed by atoms with Gasteiger partial charge in [0.1, 0.15) is 0 Å². The van der Waals surface area contributed by atoms with Gasteiger partial charge in [-0.05, 0) is 24.3 Å². The van der Waals surface area contributed by atoms with Crippen LogP contribution in [0.3, 0.4) is 0 Å². The van der Waals surface area contributed by atoms with Gasteiger partial charge in [-0.15, -0.1) is 5.10 Å². The molecule has 3 aromatic rings. The van der Waals surface area contributed by atoms with Gasteiger partial charge in [0, 0.05) is 18.6 Å². The van der Waals surface area contributed by atoms with E-state index < -0.39 is 5.97 Å². The Hall–Kier alpha value is -2.77. The van der Waals surface area contributed by atoms with E-state index in [0.29, 0.717) is 18.2 Å². The summed E-state index contributed by atoms with van der Waals surface area (Å²) < 4.78 is 3.35. The van der Waals surface area contributed by atoms with Crippen molar-refractivity contribution in [1.82, 2.24) is 29.4 Å². The standard InChI is InChI=1S/C13H12N6O2/c20-12(21)11-7-19(17-16-11)6-10-5-18-4-9(8-1-2-8)3-14-13(18)15-10/h3-5,7-8H,1-2,6H2,(H,20,21). The SMILES string of the molecule is O=C(O)c1cn(Cc2cn3cc(C4CC4)cnc3n2)nn1. The molecule has 21 heavy (non-hydrogen) atoms. The van der Waals surface area contributed by atoms with Crippen LogP contribution in [0.4, 0.5) is 0 Å². The van der Waals surface area contributed by atoms with Crippen LogP contribution in [0.2, 0.25) is 0 Å². The number of fused-ring (bicyclic) bond motifs is 1. The first-order valence-electron chi connectivity index (χ1n) is 6.66. The van der Waals surface area contributed by atoms with Gasteiger partial charge in [-0.2, -0.15) is 0 Å². The highest BCUT2D eigenvalue weighted by atomic mass is 16.4. The van der Waals surface area contributed by atoms with Crippen LogP contribution in [-0.4, -0.2) is 40.4 Å². The summed E-state index contributed by atoms with van der Waals surface area (Å²) in [6.07, 6.45) is 9.66. The summed E-state index contributed by atoms with van der Waals surface area (Å²) in [6.45, 7) is 0.363. The van der Waals surface area contributed by atoms with Gasteiger partial charge in [-0.3, -0.25) is 4.40 Å². The van der Waals surface area contributed by atoms with Crippen molar-refractivity contribution in [3.63, 3.8) is 0 Å². The zero-order valence-electron chi connectivity index (χ0n) is 11.0. The Labute approximate surface area is 119 Å². The molecule has 0 radical (unpaired) electrons. The van der Waals surface area contributed by atoms with Crippen molar-refractivity contribution in [3.05, 3.63) is 41.7 Å². The highest BCUT2D eigenvalue weighted by Gasteiger charge is 2.24. The maximum atomic E-state index is 10.8. The number of carboxylic acid groups (broad SMARTS) is 1. The molecule has 8 heteroatoms. The fourth-order valence-electron chi connectivity index (χ4n) is 2.29. The maximum Gasteiger partial charge on any atom is 0.358 e. The van der Waals surface area contributed by atoms with Gasteiger partial charge in [-0.1, -0.05) is 5.21 Å². The van der Waals surface area contributed by atoms with E-state index in [0.717, 1.165) is 5.69 Å². The van der Waals surface area contributed by atoms with Crippen molar-refractivity contribution in [2.24, 2.45) is 0 Å². The van der Waals surface area contributed by atoms with E-state index in [-0.39, 0.29) is 5.69 Å². The minimum Gasteiger partial charge on any atom is -0.476 e. The zero-order chi connectivity index (χ0) is 14.4. The molecular weight excluding hydrogens is 272 g/mol. The predicted octanol–water partition coefficient (Wildman–Crippen LogP) is 0.945. The molecule has 8 nitrogen and oxygen atoms in total. The second-order valence-corrected chi connectivity index (χ2v) is 5.21. The van der Waals surface area contributed by atoms with Crippen molar-refractivity contribution in [2.75, 3.05) is 0 Å². The quantitative estimate of drug-likeness (QED) is 0.765. The summed E-state index contributed by atoms with van der Waals surface area (Å²) in [6, 6.07) is 0. The smallest absolute Gasteiger partial charge is 0.358 e. The number of carboxylic acids is 1. The van der Waals surface area contributed by atoms with Crippen LogP contribution in [0.15, 0.2) is 24.8 Å². The second-order valence-electron chi connectivity index (χ2n) is 5.21. The Morgan fingerprint density at radius 1 is 1.33 bits per heavy atom. The number of rotatable bonds is 4. The third-order valence-corrected chi connectivity index (χ3v) is 3.51. The molecular formula is C13H12N6O2. The van der Waals surface area contributed by atoms with Gasteiger partial charge < -0.3 is 5.11 Å². The van der Waals surface area contributed by atoms with Crippen LogP contribution in [0, 0.1) is 0 Å². The molecule has 3 aromatic heterocycles. The van der Waals surface area contributed by atoms with E-state index in [1.165, 1.54) is 29.3 Å². The van der Waals surface area contributed by atoms with Crippen LogP contribution in [0.1, 0.15) is 40.5 Å². The van der Waals surface area contributed by atoms with Gasteiger partial charge in [0.15, 0.2) is 5.69 Å². The lowest BCUT2D eigenvalue weighted by Gasteiger charge is -1.97. The Bertz CT molecular complexity index is 832. The number of hydrogen-bond acceptors (Lipinski definition) is 5. The fraction of sp³-hybridized carbons (Fsp3) is 0.308. The number of imidazole rings is 1. The lowest BCUT2D eigenvalue weighted by atomic mass is 10.2. The third-order valence-electron chi connectivity index (χ3n) is 3.51. The summed E-state index contributed by atoms with van der Waals surface area (Å²) in [5.74, 6) is 0.182. The maximum absolute atomic E-state index is 10.8. The van der Waals surface area contributed by atoms with Crippen LogP contribution >= 0.6 is 0 Å². The highest BCUT2D eigenvalue weighted by Crippen LogP contribution is 2.39. The molecule has 0 saturated heterocycles. The lowest BCUT2D eigenvalue weighted by Crippen LogP contribution is -2.00. The zero-order valence-corrected chi connectivity index (χ0v) is 11.0. The van der Waals surface area contributed by atoms with Crippen molar-refractivity contribution in [3.8, 4) is 0 Å². The molecule has 3 heterocycles. The molecule has 0 spiro atoms. The van der Waals surface area contributed by atoms with Crippen LogP contribution in [0.25, 0.3) is 5.78 Å². The van der Waals surface area contributed by atoms with Crippen LogP contribution in [0.5, 0.6) is 0 Å². The first-order valence-corrected chi connectivity index (χ1v) is 6.66. The van der Waals surface area contributed by atoms with Crippen molar-refractivity contribution in [2.45, 2.75) is 25.3 Å². The largest absolute Gasteiger partial charge is 0.476 e. The van der Waals surface area contributed by atoms with Gasteiger partial charge in [0.2, 0.25) is 5.78 Å². The highest BCUT2D eigenvalue weighted by molar-refractivity contribution is 5.84. The van der Waals surface area contributed by atoms with Crippen molar-refractivity contribution >= 4 is 11.7 Å². The van der Waals surface area contributed by atoms with E-state index in [1.54, 1.807) is 0 Å². The summed E-state index contributed by atoms with van der Waals surface area (Å²) in [4.78, 5) is 19.5. The van der Waals surface area contributed by atoms with Crippen LogP contribution in [-0.2, 0) is 6.54 Å². The molecule has 106 valence electrons. The molecule has 0 bridgehead atoms. The van der Waals surface area contributed by atoms with E-state index in [4.69, 9.17) is 5.11 Å². The third kappa shape index (κ3) is 2.24. The molecule has 0 aromatic carbocycles.